The van der Waals surface area contributed by atoms with Gasteiger partial charge in [0.2, 0.25) is 0 Å². The van der Waals surface area contributed by atoms with Gasteiger partial charge in [-0.2, -0.15) is 0 Å². The maximum atomic E-state index is 11.0. The number of rotatable bonds is 3. The molecule has 0 saturated carbocycles. The Labute approximate surface area is 124 Å². The van der Waals surface area contributed by atoms with Crippen LogP contribution in [0.25, 0.3) is 0 Å². The summed E-state index contributed by atoms with van der Waals surface area (Å²) in [4.78, 5) is 15.1. The van der Waals surface area contributed by atoms with E-state index in [1.807, 2.05) is 12.3 Å². The molecular formula is C16H16ClNO2. The van der Waals surface area contributed by atoms with Crippen molar-refractivity contribution in [2.45, 2.75) is 19.3 Å². The maximum absolute atomic E-state index is 11.0. The van der Waals surface area contributed by atoms with Crippen LogP contribution in [0, 0.1) is 5.92 Å². The molecule has 1 atom stereocenters. The van der Waals surface area contributed by atoms with Crippen LogP contribution in [0.2, 0.25) is 0 Å². The summed E-state index contributed by atoms with van der Waals surface area (Å²) < 4.78 is 0. The second-order valence-corrected chi connectivity index (χ2v) is 5.08. The molecule has 104 valence electrons. The van der Waals surface area contributed by atoms with Gasteiger partial charge < -0.3 is 5.11 Å². The Bertz CT molecular complexity index is 613. The lowest BCUT2D eigenvalue weighted by atomic mass is 10.0. The zero-order valence-electron chi connectivity index (χ0n) is 11.0. The number of halogens is 1. The van der Waals surface area contributed by atoms with Gasteiger partial charge in [-0.05, 0) is 47.6 Å². The third-order valence-electron chi connectivity index (χ3n) is 3.68. The summed E-state index contributed by atoms with van der Waals surface area (Å²) in [5, 5.41) is 9.08. The van der Waals surface area contributed by atoms with E-state index in [9.17, 15) is 4.79 Å². The third-order valence-corrected chi connectivity index (χ3v) is 3.68. The molecular weight excluding hydrogens is 274 g/mol. The molecule has 1 N–H and O–H groups in total. The van der Waals surface area contributed by atoms with Crippen molar-refractivity contribution >= 4 is 18.4 Å². The Morgan fingerprint density at radius 3 is 2.70 bits per heavy atom. The molecule has 3 nitrogen and oxygen atoms in total. The molecule has 1 aromatic heterocycles. The van der Waals surface area contributed by atoms with Crippen molar-refractivity contribution in [1.29, 1.82) is 0 Å². The van der Waals surface area contributed by atoms with E-state index in [1.165, 1.54) is 22.3 Å². The maximum Gasteiger partial charge on any atom is 0.307 e. The predicted molar refractivity (Wildman–Crippen MR) is 79.3 cm³/mol. The van der Waals surface area contributed by atoms with E-state index < -0.39 is 5.97 Å². The number of hydrogen-bond donors (Lipinski definition) is 1. The number of benzene rings is 1. The molecule has 1 aliphatic rings. The minimum atomic E-state index is -0.690. The van der Waals surface area contributed by atoms with Gasteiger partial charge in [-0.25, -0.2) is 0 Å². The first-order valence-electron chi connectivity index (χ1n) is 6.45. The van der Waals surface area contributed by atoms with E-state index in [-0.39, 0.29) is 18.3 Å². The number of fused-ring (bicyclic) bond motifs is 1. The predicted octanol–water partition coefficient (Wildman–Crippen LogP) is 2.89. The van der Waals surface area contributed by atoms with Gasteiger partial charge in [-0.15, -0.1) is 12.4 Å². The fourth-order valence-corrected chi connectivity index (χ4v) is 2.69. The SMILES string of the molecule is Cl.O=C(O)C1Cc2ccc(Cc3cccnc3)cc2C1. The number of pyridine rings is 1. The highest BCUT2D eigenvalue weighted by molar-refractivity contribution is 5.85. The average molecular weight is 290 g/mol. The molecule has 1 aromatic carbocycles. The number of carboxylic acid groups (broad SMARTS) is 1. The van der Waals surface area contributed by atoms with Crippen LogP contribution >= 0.6 is 12.4 Å². The highest BCUT2D eigenvalue weighted by atomic mass is 35.5. The number of aliphatic carboxylic acids is 1. The Balaban J connectivity index is 0.00000147. The van der Waals surface area contributed by atoms with Crippen molar-refractivity contribution in [2.24, 2.45) is 5.92 Å². The minimum absolute atomic E-state index is 0. The zero-order valence-corrected chi connectivity index (χ0v) is 11.8. The molecule has 1 unspecified atom stereocenters. The van der Waals surface area contributed by atoms with Gasteiger partial charge in [0.05, 0.1) is 5.92 Å². The molecule has 20 heavy (non-hydrogen) atoms. The van der Waals surface area contributed by atoms with Crippen molar-refractivity contribution in [3.8, 4) is 0 Å². The van der Waals surface area contributed by atoms with Crippen LogP contribution in [0.5, 0.6) is 0 Å². The van der Waals surface area contributed by atoms with E-state index in [1.54, 1.807) is 6.20 Å². The average Bonchev–Trinajstić information content (AvgIpc) is 2.83. The van der Waals surface area contributed by atoms with Gasteiger partial charge in [0, 0.05) is 12.4 Å². The minimum Gasteiger partial charge on any atom is -0.481 e. The first kappa shape index (κ1) is 14.5. The van der Waals surface area contributed by atoms with Gasteiger partial charge in [-0.1, -0.05) is 24.3 Å². The number of hydrogen-bond acceptors (Lipinski definition) is 2. The van der Waals surface area contributed by atoms with Crippen LogP contribution in [0.4, 0.5) is 0 Å². The number of carbonyl (C=O) groups is 1. The van der Waals surface area contributed by atoms with Crippen LogP contribution in [0.1, 0.15) is 22.3 Å². The fourth-order valence-electron chi connectivity index (χ4n) is 2.69. The van der Waals surface area contributed by atoms with Crippen LogP contribution in [-0.2, 0) is 24.1 Å². The molecule has 3 rings (SSSR count). The number of carboxylic acids is 1. The summed E-state index contributed by atoms with van der Waals surface area (Å²) in [5.74, 6) is -0.936. The number of nitrogens with zero attached hydrogens (tertiary/aromatic N) is 1. The molecule has 1 heterocycles. The largest absolute Gasteiger partial charge is 0.481 e. The van der Waals surface area contributed by atoms with Crippen molar-refractivity contribution < 1.29 is 9.90 Å². The zero-order chi connectivity index (χ0) is 13.2. The molecule has 0 saturated heterocycles. The van der Waals surface area contributed by atoms with E-state index in [0.717, 1.165) is 6.42 Å². The summed E-state index contributed by atoms with van der Waals surface area (Å²) in [6.45, 7) is 0. The summed E-state index contributed by atoms with van der Waals surface area (Å²) in [7, 11) is 0. The van der Waals surface area contributed by atoms with Gasteiger partial charge >= 0.3 is 5.97 Å². The third kappa shape index (κ3) is 2.99. The summed E-state index contributed by atoms with van der Waals surface area (Å²) >= 11 is 0. The van der Waals surface area contributed by atoms with Crippen molar-refractivity contribution in [1.82, 2.24) is 4.98 Å². The van der Waals surface area contributed by atoms with Gasteiger partial charge in [0.25, 0.3) is 0 Å². The lowest BCUT2D eigenvalue weighted by Gasteiger charge is -2.04. The second-order valence-electron chi connectivity index (χ2n) is 5.08. The fraction of sp³-hybridized carbons (Fsp3) is 0.250. The van der Waals surface area contributed by atoms with E-state index >= 15 is 0 Å². The van der Waals surface area contributed by atoms with E-state index in [4.69, 9.17) is 5.11 Å². The standard InChI is InChI=1S/C16H15NO2.ClH/c18-16(19)15-8-13-4-3-11(7-14(13)9-15)6-12-2-1-5-17-10-12;/h1-5,7,10,15H,6,8-9H2,(H,18,19);1H. The van der Waals surface area contributed by atoms with Crippen molar-refractivity contribution in [3.63, 3.8) is 0 Å². The van der Waals surface area contributed by atoms with Crippen molar-refractivity contribution in [3.05, 3.63) is 65.0 Å². The first-order chi connectivity index (χ1) is 9.22. The van der Waals surface area contributed by atoms with Crippen molar-refractivity contribution in [2.75, 3.05) is 0 Å². The molecule has 0 spiro atoms. The lowest BCUT2D eigenvalue weighted by Crippen LogP contribution is -2.12. The van der Waals surface area contributed by atoms with Crippen LogP contribution < -0.4 is 0 Å². The molecule has 0 radical (unpaired) electrons. The Kier molecular flexibility index (Phi) is 4.40. The molecule has 1 aliphatic carbocycles. The highest BCUT2D eigenvalue weighted by Crippen LogP contribution is 2.28. The van der Waals surface area contributed by atoms with Crippen LogP contribution in [0.3, 0.4) is 0 Å². The number of aromatic nitrogens is 1. The smallest absolute Gasteiger partial charge is 0.307 e. The Morgan fingerprint density at radius 2 is 2.00 bits per heavy atom. The van der Waals surface area contributed by atoms with E-state index in [0.29, 0.717) is 12.8 Å². The van der Waals surface area contributed by atoms with Gasteiger partial charge in [0.1, 0.15) is 0 Å². The lowest BCUT2D eigenvalue weighted by molar-refractivity contribution is -0.141. The normalized spacial score (nSPS) is 16.3. The van der Waals surface area contributed by atoms with Crippen LogP contribution in [0.15, 0.2) is 42.7 Å². The Morgan fingerprint density at radius 1 is 1.20 bits per heavy atom. The topological polar surface area (TPSA) is 50.2 Å². The summed E-state index contributed by atoms with van der Waals surface area (Å²) in [6, 6.07) is 10.3. The highest BCUT2D eigenvalue weighted by Gasteiger charge is 2.26. The van der Waals surface area contributed by atoms with E-state index in [2.05, 4.69) is 29.2 Å². The quantitative estimate of drug-likeness (QED) is 0.945. The summed E-state index contributed by atoms with van der Waals surface area (Å²) in [5.41, 5.74) is 4.77. The van der Waals surface area contributed by atoms with Gasteiger partial charge in [-0.3, -0.25) is 9.78 Å². The Hall–Kier alpha value is -1.87. The molecule has 0 amide bonds. The van der Waals surface area contributed by atoms with Crippen LogP contribution in [-0.4, -0.2) is 16.1 Å². The first-order valence-corrected chi connectivity index (χ1v) is 6.45. The second kappa shape index (κ2) is 6.06. The molecule has 0 aliphatic heterocycles. The molecule has 2 aromatic rings. The summed E-state index contributed by atoms with van der Waals surface area (Å²) in [6.07, 6.45) is 5.80. The molecule has 0 fully saturated rings. The molecule has 4 heteroatoms. The van der Waals surface area contributed by atoms with Gasteiger partial charge in [0.15, 0.2) is 0 Å². The monoisotopic (exact) mass is 289 g/mol. The molecule has 0 bridgehead atoms.